The number of aliphatic carboxylic acids is 1. The number of hydrogen-bond acceptors (Lipinski definition) is 2. The van der Waals surface area contributed by atoms with Crippen molar-refractivity contribution in [3.8, 4) is 0 Å². The van der Waals surface area contributed by atoms with E-state index in [1.54, 1.807) is 11.9 Å². The van der Waals surface area contributed by atoms with Crippen LogP contribution in [0.25, 0.3) is 0 Å². The molecular formula is C12H22N2O3. The summed E-state index contributed by atoms with van der Waals surface area (Å²) < 4.78 is 0. The number of nitrogens with zero attached hydrogens (tertiary/aromatic N) is 1. The lowest BCUT2D eigenvalue weighted by atomic mass is 9.86. The largest absolute Gasteiger partial charge is 0.480 e. The van der Waals surface area contributed by atoms with E-state index < -0.39 is 12.0 Å². The van der Waals surface area contributed by atoms with Gasteiger partial charge in [-0.15, -0.1) is 0 Å². The molecular weight excluding hydrogens is 220 g/mol. The van der Waals surface area contributed by atoms with Gasteiger partial charge in [0, 0.05) is 13.1 Å². The van der Waals surface area contributed by atoms with E-state index in [0.29, 0.717) is 5.92 Å². The zero-order chi connectivity index (χ0) is 13.0. The van der Waals surface area contributed by atoms with E-state index in [2.05, 4.69) is 12.2 Å². The lowest BCUT2D eigenvalue weighted by Crippen LogP contribution is -2.49. The standard InChI is InChI=1S/C12H22N2O3/c1-8-5-4-6-10(7-8)14(3)12(17)13-9(2)11(15)16/h8-10H,4-7H2,1-3H3,(H,13,17)(H,15,16)/t8?,9-,10?/m0/s1. The molecule has 5 nitrogen and oxygen atoms in total. The lowest BCUT2D eigenvalue weighted by molar-refractivity contribution is -0.138. The van der Waals surface area contributed by atoms with Crippen molar-refractivity contribution in [2.24, 2.45) is 5.92 Å². The molecule has 0 aromatic rings. The van der Waals surface area contributed by atoms with Gasteiger partial charge in [0.1, 0.15) is 6.04 Å². The van der Waals surface area contributed by atoms with Gasteiger partial charge in [0.2, 0.25) is 0 Å². The molecule has 1 aliphatic carbocycles. The van der Waals surface area contributed by atoms with Gasteiger partial charge in [0.15, 0.2) is 0 Å². The van der Waals surface area contributed by atoms with Crippen LogP contribution in [0.3, 0.4) is 0 Å². The summed E-state index contributed by atoms with van der Waals surface area (Å²) in [6.45, 7) is 3.66. The van der Waals surface area contributed by atoms with E-state index in [-0.39, 0.29) is 12.1 Å². The van der Waals surface area contributed by atoms with Crippen LogP contribution in [0.1, 0.15) is 39.5 Å². The van der Waals surface area contributed by atoms with Gasteiger partial charge in [-0.05, 0) is 25.7 Å². The van der Waals surface area contributed by atoms with E-state index in [1.807, 2.05) is 0 Å². The minimum absolute atomic E-state index is 0.236. The summed E-state index contributed by atoms with van der Waals surface area (Å²) in [6.07, 6.45) is 4.37. The first-order valence-electron chi connectivity index (χ1n) is 6.18. The van der Waals surface area contributed by atoms with E-state index in [9.17, 15) is 9.59 Å². The highest BCUT2D eigenvalue weighted by Crippen LogP contribution is 2.26. The van der Waals surface area contributed by atoms with Crippen molar-refractivity contribution in [3.63, 3.8) is 0 Å². The Hall–Kier alpha value is -1.26. The molecule has 2 N–H and O–H groups in total. The summed E-state index contributed by atoms with van der Waals surface area (Å²) in [4.78, 5) is 24.1. The van der Waals surface area contributed by atoms with E-state index in [1.165, 1.54) is 13.3 Å². The van der Waals surface area contributed by atoms with Gasteiger partial charge >= 0.3 is 12.0 Å². The van der Waals surface area contributed by atoms with Crippen LogP contribution >= 0.6 is 0 Å². The molecule has 0 saturated heterocycles. The Balaban J connectivity index is 2.48. The molecule has 2 unspecified atom stereocenters. The Bertz CT molecular complexity index is 293. The van der Waals surface area contributed by atoms with Gasteiger partial charge in [0.05, 0.1) is 0 Å². The second kappa shape index (κ2) is 5.89. The van der Waals surface area contributed by atoms with E-state index in [4.69, 9.17) is 5.11 Å². The molecule has 0 spiro atoms. The highest BCUT2D eigenvalue weighted by atomic mass is 16.4. The minimum atomic E-state index is -1.01. The Kier molecular flexibility index (Phi) is 4.78. The summed E-state index contributed by atoms with van der Waals surface area (Å²) >= 11 is 0. The van der Waals surface area contributed by atoms with Crippen LogP contribution in [0.4, 0.5) is 4.79 Å². The fraction of sp³-hybridized carbons (Fsp3) is 0.833. The lowest BCUT2D eigenvalue weighted by Gasteiger charge is -2.34. The number of carbonyl (C=O) groups excluding carboxylic acids is 1. The van der Waals surface area contributed by atoms with Crippen molar-refractivity contribution in [2.45, 2.75) is 51.6 Å². The third-order valence-electron chi connectivity index (χ3n) is 3.49. The first-order chi connectivity index (χ1) is 7.91. The Morgan fingerprint density at radius 1 is 1.41 bits per heavy atom. The van der Waals surface area contributed by atoms with Gasteiger partial charge in [0.25, 0.3) is 0 Å². The number of carboxylic acid groups (broad SMARTS) is 1. The zero-order valence-corrected chi connectivity index (χ0v) is 10.8. The molecule has 5 heteroatoms. The molecule has 1 fully saturated rings. The predicted octanol–water partition coefficient (Wildman–Crippen LogP) is 1.68. The number of hydrogen-bond donors (Lipinski definition) is 2. The Morgan fingerprint density at radius 2 is 2.06 bits per heavy atom. The van der Waals surface area contributed by atoms with Crippen LogP contribution in [-0.2, 0) is 4.79 Å². The average Bonchev–Trinajstić information content (AvgIpc) is 2.27. The SMILES string of the molecule is CC1CCCC(N(C)C(=O)N[C@@H](C)C(=O)O)C1. The molecule has 1 rings (SSSR count). The molecule has 0 aromatic heterocycles. The maximum atomic E-state index is 11.8. The topological polar surface area (TPSA) is 69.6 Å². The fourth-order valence-corrected chi connectivity index (χ4v) is 2.27. The van der Waals surface area contributed by atoms with Crippen molar-refractivity contribution in [3.05, 3.63) is 0 Å². The van der Waals surface area contributed by atoms with Gasteiger partial charge in [-0.25, -0.2) is 4.79 Å². The molecule has 3 atom stereocenters. The van der Waals surface area contributed by atoms with E-state index >= 15 is 0 Å². The smallest absolute Gasteiger partial charge is 0.325 e. The van der Waals surface area contributed by atoms with Crippen LogP contribution in [0.5, 0.6) is 0 Å². The molecule has 0 aliphatic heterocycles. The fourth-order valence-electron chi connectivity index (χ4n) is 2.27. The third-order valence-corrected chi connectivity index (χ3v) is 3.49. The summed E-state index contributed by atoms with van der Waals surface area (Å²) in [5.41, 5.74) is 0. The predicted molar refractivity (Wildman–Crippen MR) is 64.8 cm³/mol. The maximum absolute atomic E-state index is 11.8. The molecule has 0 heterocycles. The molecule has 1 aliphatic rings. The van der Waals surface area contributed by atoms with Crippen molar-refractivity contribution >= 4 is 12.0 Å². The maximum Gasteiger partial charge on any atom is 0.325 e. The quantitative estimate of drug-likeness (QED) is 0.791. The van der Waals surface area contributed by atoms with Gasteiger partial charge in [-0.1, -0.05) is 19.8 Å². The molecule has 98 valence electrons. The Morgan fingerprint density at radius 3 is 2.59 bits per heavy atom. The molecule has 2 amide bonds. The van der Waals surface area contributed by atoms with Crippen LogP contribution in [0, 0.1) is 5.92 Å². The number of amides is 2. The van der Waals surface area contributed by atoms with Crippen LogP contribution < -0.4 is 5.32 Å². The monoisotopic (exact) mass is 242 g/mol. The van der Waals surface area contributed by atoms with Crippen molar-refractivity contribution in [1.82, 2.24) is 10.2 Å². The van der Waals surface area contributed by atoms with Crippen molar-refractivity contribution < 1.29 is 14.7 Å². The third kappa shape index (κ3) is 3.91. The number of nitrogens with one attached hydrogen (secondary N) is 1. The number of carbonyl (C=O) groups is 2. The normalized spacial score (nSPS) is 26.1. The summed E-state index contributed by atoms with van der Waals surface area (Å²) in [5.74, 6) is -0.371. The average molecular weight is 242 g/mol. The second-order valence-corrected chi connectivity index (χ2v) is 5.05. The zero-order valence-electron chi connectivity index (χ0n) is 10.8. The van der Waals surface area contributed by atoms with Crippen LogP contribution in [0.2, 0.25) is 0 Å². The van der Waals surface area contributed by atoms with Crippen LogP contribution in [0.15, 0.2) is 0 Å². The summed E-state index contributed by atoms with van der Waals surface area (Å²) in [6, 6.07) is -0.898. The molecule has 0 aromatic carbocycles. The van der Waals surface area contributed by atoms with Crippen LogP contribution in [-0.4, -0.2) is 41.1 Å². The Labute approximate surface area is 102 Å². The summed E-state index contributed by atoms with van der Waals surface area (Å²) in [5, 5.41) is 11.2. The second-order valence-electron chi connectivity index (χ2n) is 5.05. The first-order valence-corrected chi connectivity index (χ1v) is 6.18. The number of rotatable bonds is 3. The highest BCUT2D eigenvalue weighted by molar-refractivity contribution is 5.82. The molecule has 0 bridgehead atoms. The molecule has 0 radical (unpaired) electrons. The number of urea groups is 1. The minimum Gasteiger partial charge on any atom is -0.480 e. The van der Waals surface area contributed by atoms with E-state index in [0.717, 1.165) is 19.3 Å². The van der Waals surface area contributed by atoms with Gasteiger partial charge in [-0.2, -0.15) is 0 Å². The van der Waals surface area contributed by atoms with Crippen molar-refractivity contribution in [2.75, 3.05) is 7.05 Å². The number of carboxylic acids is 1. The molecule has 17 heavy (non-hydrogen) atoms. The molecule has 1 saturated carbocycles. The van der Waals surface area contributed by atoms with Crippen molar-refractivity contribution in [1.29, 1.82) is 0 Å². The van der Waals surface area contributed by atoms with Gasteiger partial charge in [-0.3, -0.25) is 4.79 Å². The first kappa shape index (κ1) is 13.8. The highest BCUT2D eigenvalue weighted by Gasteiger charge is 2.26. The summed E-state index contributed by atoms with van der Waals surface area (Å²) in [7, 11) is 1.74. The van der Waals surface area contributed by atoms with Gasteiger partial charge < -0.3 is 15.3 Å².